The molecule has 1 aromatic rings. The molecule has 2 rings (SSSR count). The summed E-state index contributed by atoms with van der Waals surface area (Å²) in [6.45, 7) is 6.37. The molecule has 0 aliphatic carbocycles. The van der Waals surface area contributed by atoms with E-state index in [9.17, 15) is 0 Å². The van der Waals surface area contributed by atoms with Crippen LogP contribution in [0.3, 0.4) is 0 Å². The highest BCUT2D eigenvalue weighted by atomic mass is 32.1. The fraction of sp³-hybridized carbons (Fsp3) is 0.312. The average molecular weight is 272 g/mol. The van der Waals surface area contributed by atoms with E-state index in [0.717, 1.165) is 12.1 Å². The Kier molecular flexibility index (Phi) is 4.05. The molecular weight excluding hydrogens is 252 g/mol. The van der Waals surface area contributed by atoms with Crippen LogP contribution in [0.4, 0.5) is 0 Å². The van der Waals surface area contributed by atoms with E-state index in [1.807, 2.05) is 0 Å². The summed E-state index contributed by atoms with van der Waals surface area (Å²) in [5.74, 6) is 0. The lowest BCUT2D eigenvalue weighted by molar-refractivity contribution is 0.555. The quantitative estimate of drug-likeness (QED) is 0.825. The van der Waals surface area contributed by atoms with Gasteiger partial charge in [-0.25, -0.2) is 0 Å². The second-order valence-electron chi connectivity index (χ2n) is 5.33. The minimum atomic E-state index is -0.103. The number of thiocarbonyl (C=S) groups is 1. The molecule has 1 heterocycles. The van der Waals surface area contributed by atoms with Gasteiger partial charge in [0, 0.05) is 5.70 Å². The normalized spacial score (nSPS) is 17.8. The van der Waals surface area contributed by atoms with E-state index in [-0.39, 0.29) is 5.54 Å². The summed E-state index contributed by atoms with van der Waals surface area (Å²) in [5.41, 5.74) is 3.49. The van der Waals surface area contributed by atoms with E-state index in [0.29, 0.717) is 5.11 Å². The van der Waals surface area contributed by atoms with Gasteiger partial charge in [-0.3, -0.25) is 0 Å². The number of rotatable bonds is 3. The summed E-state index contributed by atoms with van der Waals surface area (Å²) in [5, 5.41) is 7.04. The summed E-state index contributed by atoms with van der Waals surface area (Å²) in [6.07, 6.45) is 7.38. The molecule has 0 saturated carbocycles. The van der Waals surface area contributed by atoms with Crippen molar-refractivity contribution in [3.63, 3.8) is 0 Å². The summed E-state index contributed by atoms with van der Waals surface area (Å²) in [7, 11) is 0. The van der Waals surface area contributed by atoms with Gasteiger partial charge in [-0.2, -0.15) is 0 Å². The molecule has 0 unspecified atom stereocenters. The molecule has 1 aliphatic heterocycles. The molecule has 2 N–H and O–H groups in total. The number of hydrogen-bond donors (Lipinski definition) is 2. The fourth-order valence-corrected chi connectivity index (χ4v) is 2.44. The molecular formula is C16H20N2S. The number of aryl methyl sites for hydroxylation is 1. The van der Waals surface area contributed by atoms with Crippen LogP contribution in [-0.4, -0.2) is 10.7 Å². The summed E-state index contributed by atoms with van der Waals surface area (Å²) in [6, 6.07) is 8.61. The first-order valence-corrected chi connectivity index (χ1v) is 6.98. The van der Waals surface area contributed by atoms with Crippen LogP contribution in [0.1, 0.15) is 31.9 Å². The van der Waals surface area contributed by atoms with Crippen LogP contribution in [0, 0.1) is 0 Å². The molecule has 3 heteroatoms. The number of nitrogens with one attached hydrogen (secondary N) is 2. The first-order chi connectivity index (χ1) is 8.98. The predicted molar refractivity (Wildman–Crippen MR) is 85.9 cm³/mol. The first kappa shape index (κ1) is 13.8. The molecule has 0 amide bonds. The van der Waals surface area contributed by atoms with Crippen molar-refractivity contribution in [2.75, 3.05) is 0 Å². The van der Waals surface area contributed by atoms with Crippen LogP contribution in [-0.2, 0) is 6.42 Å². The average Bonchev–Trinajstić information content (AvgIpc) is 2.34. The first-order valence-electron chi connectivity index (χ1n) is 6.57. The Labute approximate surface area is 120 Å². The van der Waals surface area contributed by atoms with E-state index < -0.39 is 0 Å². The minimum absolute atomic E-state index is 0.103. The number of benzene rings is 1. The third-order valence-electron chi connectivity index (χ3n) is 3.05. The zero-order valence-electron chi connectivity index (χ0n) is 11.7. The third kappa shape index (κ3) is 3.93. The van der Waals surface area contributed by atoms with Gasteiger partial charge in [0.2, 0.25) is 0 Å². The largest absolute Gasteiger partial charge is 0.354 e. The van der Waals surface area contributed by atoms with Crippen molar-refractivity contribution < 1.29 is 0 Å². The predicted octanol–water partition coefficient (Wildman–Crippen LogP) is 3.40. The Morgan fingerprint density at radius 1 is 1.16 bits per heavy atom. The molecule has 0 fully saturated rings. The summed E-state index contributed by atoms with van der Waals surface area (Å²) in [4.78, 5) is 0. The SMILES string of the molecule is CCc1ccc(C=CC2=CC(C)(C)NC(=S)N2)cc1. The molecule has 0 saturated heterocycles. The van der Waals surface area contributed by atoms with E-state index in [4.69, 9.17) is 12.2 Å². The molecule has 19 heavy (non-hydrogen) atoms. The molecule has 0 bridgehead atoms. The van der Waals surface area contributed by atoms with Crippen LogP contribution >= 0.6 is 12.2 Å². The Morgan fingerprint density at radius 3 is 2.42 bits per heavy atom. The van der Waals surface area contributed by atoms with Crippen LogP contribution < -0.4 is 10.6 Å². The van der Waals surface area contributed by atoms with Crippen molar-refractivity contribution in [1.82, 2.24) is 10.6 Å². The smallest absolute Gasteiger partial charge is 0.171 e. The third-order valence-corrected chi connectivity index (χ3v) is 3.26. The molecule has 1 aliphatic rings. The Hall–Kier alpha value is -1.61. The van der Waals surface area contributed by atoms with E-state index in [1.54, 1.807) is 0 Å². The lowest BCUT2D eigenvalue weighted by Crippen LogP contribution is -2.51. The van der Waals surface area contributed by atoms with Crippen LogP contribution in [0.5, 0.6) is 0 Å². The van der Waals surface area contributed by atoms with E-state index >= 15 is 0 Å². The van der Waals surface area contributed by atoms with Gasteiger partial charge in [-0.15, -0.1) is 0 Å². The van der Waals surface area contributed by atoms with Crippen LogP contribution in [0.25, 0.3) is 6.08 Å². The van der Waals surface area contributed by atoms with Gasteiger partial charge in [0.1, 0.15) is 0 Å². The van der Waals surface area contributed by atoms with Gasteiger partial charge >= 0.3 is 0 Å². The van der Waals surface area contributed by atoms with Crippen molar-refractivity contribution in [1.29, 1.82) is 0 Å². The van der Waals surface area contributed by atoms with Crippen molar-refractivity contribution in [3.05, 3.63) is 53.2 Å². The minimum Gasteiger partial charge on any atom is -0.354 e. The van der Waals surface area contributed by atoms with Crippen molar-refractivity contribution in [2.24, 2.45) is 0 Å². The molecule has 0 aromatic heterocycles. The highest BCUT2D eigenvalue weighted by molar-refractivity contribution is 7.80. The Balaban J connectivity index is 2.13. The van der Waals surface area contributed by atoms with E-state index in [1.165, 1.54) is 11.1 Å². The number of allylic oxidation sites excluding steroid dienone is 1. The molecule has 100 valence electrons. The zero-order valence-corrected chi connectivity index (χ0v) is 12.5. The molecule has 0 spiro atoms. The summed E-state index contributed by atoms with van der Waals surface area (Å²) >= 11 is 5.20. The van der Waals surface area contributed by atoms with Gasteiger partial charge in [-0.05, 0) is 55.8 Å². The van der Waals surface area contributed by atoms with Gasteiger partial charge in [0.25, 0.3) is 0 Å². The summed E-state index contributed by atoms with van der Waals surface area (Å²) < 4.78 is 0. The van der Waals surface area contributed by atoms with Crippen molar-refractivity contribution >= 4 is 23.4 Å². The standard InChI is InChI=1S/C16H20N2S/c1-4-12-5-7-13(8-6-12)9-10-14-11-16(2,3)18-15(19)17-14/h5-11H,4H2,1-3H3,(H2,17,18,19). The highest BCUT2D eigenvalue weighted by Gasteiger charge is 2.20. The lowest BCUT2D eigenvalue weighted by atomic mass is 10.0. The fourth-order valence-electron chi connectivity index (χ4n) is 2.06. The van der Waals surface area contributed by atoms with Crippen molar-refractivity contribution in [2.45, 2.75) is 32.7 Å². The maximum Gasteiger partial charge on any atom is 0.171 e. The van der Waals surface area contributed by atoms with Crippen LogP contribution in [0.2, 0.25) is 0 Å². The molecule has 0 radical (unpaired) electrons. The maximum absolute atomic E-state index is 5.20. The zero-order chi connectivity index (χ0) is 13.9. The van der Waals surface area contributed by atoms with Crippen LogP contribution in [0.15, 0.2) is 42.1 Å². The maximum atomic E-state index is 5.20. The second-order valence-corrected chi connectivity index (χ2v) is 5.74. The Morgan fingerprint density at radius 2 is 1.84 bits per heavy atom. The molecule has 1 aromatic carbocycles. The highest BCUT2D eigenvalue weighted by Crippen LogP contribution is 2.14. The topological polar surface area (TPSA) is 24.1 Å². The molecule has 2 nitrogen and oxygen atoms in total. The van der Waals surface area contributed by atoms with Gasteiger partial charge in [-0.1, -0.05) is 37.3 Å². The number of hydrogen-bond acceptors (Lipinski definition) is 1. The monoisotopic (exact) mass is 272 g/mol. The van der Waals surface area contributed by atoms with Gasteiger partial charge < -0.3 is 10.6 Å². The second kappa shape index (κ2) is 5.57. The molecule has 0 atom stereocenters. The Bertz CT molecular complexity index is 524. The van der Waals surface area contributed by atoms with Gasteiger partial charge in [0.15, 0.2) is 5.11 Å². The van der Waals surface area contributed by atoms with Crippen molar-refractivity contribution in [3.8, 4) is 0 Å². The van der Waals surface area contributed by atoms with E-state index in [2.05, 4.69) is 73.9 Å². The van der Waals surface area contributed by atoms with Gasteiger partial charge in [0.05, 0.1) is 5.54 Å². The lowest BCUT2D eigenvalue weighted by Gasteiger charge is -2.30.